The van der Waals surface area contributed by atoms with Crippen LogP contribution in [-0.4, -0.2) is 23.9 Å². The minimum Gasteiger partial charge on any atom is -0.332 e. The Bertz CT molecular complexity index is 977. The van der Waals surface area contributed by atoms with Gasteiger partial charge in [0.25, 0.3) is 5.91 Å². The second-order valence-corrected chi connectivity index (χ2v) is 7.40. The summed E-state index contributed by atoms with van der Waals surface area (Å²) in [5.41, 5.74) is 7.73. The first kappa shape index (κ1) is 19.6. The van der Waals surface area contributed by atoms with Gasteiger partial charge >= 0.3 is 6.18 Å². The van der Waals surface area contributed by atoms with E-state index in [0.717, 1.165) is 23.1 Å². The van der Waals surface area contributed by atoms with Gasteiger partial charge in [-0.05, 0) is 24.3 Å². The number of nitrogens with one attached hydrogen (secondary N) is 2. The molecule has 2 aliphatic heterocycles. The number of carbonyl (C=O) groups is 1. The fourth-order valence-corrected chi connectivity index (χ4v) is 4.03. The highest BCUT2D eigenvalue weighted by atomic mass is 35.5. The van der Waals surface area contributed by atoms with Crippen molar-refractivity contribution in [1.29, 1.82) is 0 Å². The number of alkyl halides is 3. The van der Waals surface area contributed by atoms with Crippen LogP contribution in [0.5, 0.6) is 0 Å². The molecule has 0 bridgehead atoms. The van der Waals surface area contributed by atoms with Crippen LogP contribution in [0.1, 0.15) is 22.8 Å². The average molecular weight is 423 g/mol. The van der Waals surface area contributed by atoms with Crippen molar-refractivity contribution >= 4 is 23.2 Å². The molecule has 2 heterocycles. The van der Waals surface area contributed by atoms with Gasteiger partial charge in [0.2, 0.25) is 0 Å². The zero-order chi connectivity index (χ0) is 20.8. The Morgan fingerprint density at radius 1 is 1.14 bits per heavy atom. The summed E-state index contributed by atoms with van der Waals surface area (Å²) in [5, 5.41) is 1.35. The summed E-state index contributed by atoms with van der Waals surface area (Å²) in [4.78, 5) is 14.5. The number of halogens is 4. The number of benzene rings is 2. The molecule has 2 N–H and O–H groups in total. The van der Waals surface area contributed by atoms with E-state index in [1.165, 1.54) is 17.0 Å². The topological polar surface area (TPSA) is 47.6 Å². The fraction of sp³-hybridized carbons (Fsp3) is 0.250. The molecule has 2 aromatic carbocycles. The predicted molar refractivity (Wildman–Crippen MR) is 104 cm³/mol. The van der Waals surface area contributed by atoms with Gasteiger partial charge in [-0.25, -0.2) is 0 Å². The Morgan fingerprint density at radius 3 is 2.55 bits per heavy atom. The van der Waals surface area contributed by atoms with E-state index in [0.29, 0.717) is 6.54 Å². The summed E-state index contributed by atoms with van der Waals surface area (Å²) in [6.07, 6.45) is -4.62. The fourth-order valence-electron chi connectivity index (χ4n) is 3.72. The molecular weight excluding hydrogens is 405 g/mol. The predicted octanol–water partition coefficient (Wildman–Crippen LogP) is 4.19. The summed E-state index contributed by atoms with van der Waals surface area (Å²) in [6, 6.07) is 13.1. The third-order valence-electron chi connectivity index (χ3n) is 5.01. The van der Waals surface area contributed by atoms with Gasteiger partial charge < -0.3 is 10.3 Å². The highest BCUT2D eigenvalue weighted by molar-refractivity contribution is 6.34. The maximum absolute atomic E-state index is 13.1. The molecule has 0 aliphatic carbocycles. The lowest BCUT2D eigenvalue weighted by Gasteiger charge is -2.34. The molecule has 29 heavy (non-hydrogen) atoms. The SMILES string of the molecule is CC1CN(C(=O)c2cccc(C(F)(F)F)c2Cl)CC2=C1N(c1ccccc1)NN2. The number of rotatable bonds is 2. The average Bonchev–Trinajstić information content (AvgIpc) is 3.12. The highest BCUT2D eigenvalue weighted by Crippen LogP contribution is 2.37. The summed E-state index contributed by atoms with van der Waals surface area (Å²) < 4.78 is 39.4. The first-order valence-electron chi connectivity index (χ1n) is 9.02. The third kappa shape index (κ3) is 3.54. The minimum atomic E-state index is -4.62. The summed E-state index contributed by atoms with van der Waals surface area (Å²) in [5.74, 6) is -0.575. The molecule has 0 saturated heterocycles. The Hall–Kier alpha value is -2.71. The van der Waals surface area contributed by atoms with Crippen molar-refractivity contribution in [2.75, 3.05) is 18.1 Å². The van der Waals surface area contributed by atoms with E-state index in [2.05, 4.69) is 11.0 Å². The largest absolute Gasteiger partial charge is 0.417 e. The first-order valence-corrected chi connectivity index (χ1v) is 9.40. The van der Waals surface area contributed by atoms with Gasteiger partial charge in [-0.1, -0.05) is 42.8 Å². The number of amides is 1. The van der Waals surface area contributed by atoms with Crippen LogP contribution in [0.15, 0.2) is 59.9 Å². The normalized spacial score (nSPS) is 19.3. The van der Waals surface area contributed by atoms with Crippen LogP contribution in [0.3, 0.4) is 0 Å². The molecule has 0 radical (unpaired) electrons. The van der Waals surface area contributed by atoms with Crippen LogP contribution in [0.4, 0.5) is 18.9 Å². The molecule has 1 unspecified atom stereocenters. The number of hydrogen-bond acceptors (Lipinski definition) is 4. The minimum absolute atomic E-state index is 0.0463. The quantitative estimate of drug-likeness (QED) is 0.762. The van der Waals surface area contributed by atoms with Crippen LogP contribution < -0.4 is 16.0 Å². The number of para-hydroxylation sites is 1. The Labute approximate surface area is 170 Å². The van der Waals surface area contributed by atoms with Crippen LogP contribution in [0, 0.1) is 5.92 Å². The zero-order valence-corrected chi connectivity index (χ0v) is 16.2. The van der Waals surface area contributed by atoms with E-state index in [9.17, 15) is 18.0 Å². The summed E-state index contributed by atoms with van der Waals surface area (Å²) in [6.45, 7) is 2.56. The highest BCUT2D eigenvalue weighted by Gasteiger charge is 2.38. The Kier molecular flexibility index (Phi) is 4.92. The van der Waals surface area contributed by atoms with Crippen molar-refractivity contribution in [2.45, 2.75) is 13.1 Å². The van der Waals surface area contributed by atoms with Crippen molar-refractivity contribution in [3.63, 3.8) is 0 Å². The monoisotopic (exact) mass is 422 g/mol. The lowest BCUT2D eigenvalue weighted by Crippen LogP contribution is -2.42. The van der Waals surface area contributed by atoms with Crippen LogP contribution >= 0.6 is 11.6 Å². The molecule has 0 fully saturated rings. The number of hydrazine groups is 2. The lowest BCUT2D eigenvalue weighted by atomic mass is 9.99. The van der Waals surface area contributed by atoms with Crippen molar-refractivity contribution < 1.29 is 18.0 Å². The number of nitrogens with zero attached hydrogens (tertiary/aromatic N) is 2. The van der Waals surface area contributed by atoms with E-state index in [-0.39, 0.29) is 18.0 Å². The molecule has 2 aromatic rings. The van der Waals surface area contributed by atoms with E-state index in [1.54, 1.807) is 0 Å². The maximum atomic E-state index is 13.1. The molecule has 4 rings (SSSR count). The molecule has 5 nitrogen and oxygen atoms in total. The molecule has 0 aromatic heterocycles. The number of anilines is 1. The van der Waals surface area contributed by atoms with Crippen LogP contribution in [0.2, 0.25) is 5.02 Å². The van der Waals surface area contributed by atoms with Gasteiger partial charge in [0.05, 0.1) is 39.8 Å². The Balaban J connectivity index is 1.61. The van der Waals surface area contributed by atoms with Crippen molar-refractivity contribution in [2.24, 2.45) is 5.92 Å². The van der Waals surface area contributed by atoms with Crippen LogP contribution in [-0.2, 0) is 6.18 Å². The molecule has 1 atom stereocenters. The van der Waals surface area contributed by atoms with Crippen molar-refractivity contribution in [3.8, 4) is 0 Å². The molecule has 152 valence electrons. The zero-order valence-electron chi connectivity index (χ0n) is 15.4. The van der Waals surface area contributed by atoms with Gasteiger partial charge in [-0.2, -0.15) is 13.2 Å². The lowest BCUT2D eigenvalue weighted by molar-refractivity contribution is -0.137. The molecule has 2 aliphatic rings. The number of carbonyl (C=O) groups excluding carboxylic acids is 1. The maximum Gasteiger partial charge on any atom is 0.417 e. The summed E-state index contributed by atoms with van der Waals surface area (Å²) in [7, 11) is 0. The molecule has 0 saturated carbocycles. The van der Waals surface area contributed by atoms with Gasteiger partial charge in [0.15, 0.2) is 0 Å². The third-order valence-corrected chi connectivity index (χ3v) is 5.42. The van der Waals surface area contributed by atoms with Gasteiger partial charge in [-0.15, -0.1) is 5.53 Å². The Morgan fingerprint density at radius 2 is 1.86 bits per heavy atom. The first-order chi connectivity index (χ1) is 13.8. The van der Waals surface area contributed by atoms with E-state index < -0.39 is 22.7 Å². The molecular formula is C20H18ClF3N4O. The summed E-state index contributed by atoms with van der Waals surface area (Å²) >= 11 is 5.94. The van der Waals surface area contributed by atoms with E-state index in [1.807, 2.05) is 42.3 Å². The standard InChI is InChI=1S/C20H18ClF3N4O/c1-12-10-27(19(29)14-8-5-9-15(17(14)21)20(22,23)24)11-16-18(12)28(26-25-16)13-6-3-2-4-7-13/h2-9,12,25-26H,10-11H2,1H3. The van der Waals surface area contributed by atoms with Crippen molar-refractivity contribution in [3.05, 3.63) is 76.1 Å². The van der Waals surface area contributed by atoms with Gasteiger partial charge in [0.1, 0.15) is 0 Å². The van der Waals surface area contributed by atoms with E-state index >= 15 is 0 Å². The van der Waals surface area contributed by atoms with Gasteiger partial charge in [-0.3, -0.25) is 9.80 Å². The second-order valence-electron chi connectivity index (χ2n) is 7.02. The molecule has 9 heteroatoms. The smallest absolute Gasteiger partial charge is 0.332 e. The van der Waals surface area contributed by atoms with E-state index in [4.69, 9.17) is 11.6 Å². The van der Waals surface area contributed by atoms with Crippen molar-refractivity contribution in [1.82, 2.24) is 15.9 Å². The molecule has 1 amide bonds. The molecule has 0 spiro atoms. The second kappa shape index (κ2) is 7.27. The van der Waals surface area contributed by atoms with Gasteiger partial charge in [0, 0.05) is 12.5 Å². The number of hydrogen-bond donors (Lipinski definition) is 2. The van der Waals surface area contributed by atoms with Crippen LogP contribution in [0.25, 0.3) is 0 Å².